The first-order valence-corrected chi connectivity index (χ1v) is 36.7. The first kappa shape index (κ1) is 61.8. The molecule has 15 aromatic carbocycles. The molecule has 2 aliphatic carbocycles. The molecule has 0 amide bonds. The minimum Gasteiger partial charge on any atom is -0.457 e. The van der Waals surface area contributed by atoms with E-state index in [9.17, 15) is 0 Å². The molecule has 4 aliphatic rings. The van der Waals surface area contributed by atoms with E-state index >= 15 is 0 Å². The van der Waals surface area contributed by atoms with E-state index in [0.29, 0.717) is 34.9 Å². The van der Waals surface area contributed by atoms with Crippen LogP contribution in [0.3, 0.4) is 0 Å². The fraction of sp³-hybridized carbons (Fsp3) is 0.0202. The van der Waals surface area contributed by atoms with E-state index in [0.717, 1.165) is 151 Å². The summed E-state index contributed by atoms with van der Waals surface area (Å²) in [6, 6.07) is 128. The highest BCUT2D eigenvalue weighted by molar-refractivity contribution is 5.94. The maximum Gasteiger partial charge on any atom is 0.164 e. The zero-order valence-corrected chi connectivity index (χ0v) is 58.5. The number of ether oxygens (including phenoxy) is 2. The van der Waals surface area contributed by atoms with Gasteiger partial charge in [-0.3, -0.25) is 4.57 Å². The average Bonchev–Trinajstić information content (AvgIpc) is 1.57. The summed E-state index contributed by atoms with van der Waals surface area (Å²) in [6.45, 7) is 0. The lowest BCUT2D eigenvalue weighted by Gasteiger charge is -2.39. The Labute approximate surface area is 628 Å². The lowest BCUT2D eigenvalue weighted by Crippen LogP contribution is -2.32. The summed E-state index contributed by atoms with van der Waals surface area (Å²) in [5, 5.41) is 0. The molecule has 109 heavy (non-hydrogen) atoms. The van der Waals surface area contributed by atoms with Crippen LogP contribution in [-0.4, -0.2) is 39.5 Å². The van der Waals surface area contributed by atoms with Gasteiger partial charge in [-0.2, -0.15) is 0 Å². The molecule has 0 bridgehead atoms. The molecule has 0 saturated carbocycles. The van der Waals surface area contributed by atoms with Gasteiger partial charge in [0.05, 0.1) is 21.9 Å². The van der Waals surface area contributed by atoms with Gasteiger partial charge in [0.25, 0.3) is 0 Å². The molecular formula is C99H60N8O2. The molecule has 0 atom stereocenters. The van der Waals surface area contributed by atoms with Crippen molar-refractivity contribution in [2.24, 2.45) is 0 Å². The third-order valence-corrected chi connectivity index (χ3v) is 22.3. The van der Waals surface area contributed by atoms with Crippen LogP contribution in [0.4, 0.5) is 0 Å². The number of aromatic nitrogens is 8. The van der Waals surface area contributed by atoms with Crippen LogP contribution in [0.5, 0.6) is 23.0 Å². The molecule has 5 heterocycles. The van der Waals surface area contributed by atoms with Gasteiger partial charge in [-0.15, -0.1) is 0 Å². The molecular weight excluding hydrogens is 1330 g/mol. The fourth-order valence-electron chi connectivity index (χ4n) is 17.5. The van der Waals surface area contributed by atoms with Gasteiger partial charge in [-0.25, -0.2) is 34.9 Å². The highest BCUT2D eigenvalue weighted by atomic mass is 16.5. The van der Waals surface area contributed by atoms with Crippen molar-refractivity contribution in [3.05, 3.63) is 408 Å². The Morgan fingerprint density at radius 3 is 1.12 bits per heavy atom. The summed E-state index contributed by atoms with van der Waals surface area (Å²) in [7, 11) is 0. The van der Waals surface area contributed by atoms with Gasteiger partial charge in [0.2, 0.25) is 0 Å². The summed E-state index contributed by atoms with van der Waals surface area (Å²) in [6.07, 6.45) is 0. The van der Waals surface area contributed by atoms with Crippen molar-refractivity contribution in [3.63, 3.8) is 0 Å². The summed E-state index contributed by atoms with van der Waals surface area (Å²) in [5.41, 5.74) is 25.6. The Bertz CT molecular complexity index is 6650. The molecule has 3 aromatic heterocycles. The van der Waals surface area contributed by atoms with Crippen LogP contribution in [0.2, 0.25) is 0 Å². The zero-order valence-electron chi connectivity index (χ0n) is 58.5. The van der Waals surface area contributed by atoms with Crippen molar-refractivity contribution >= 4 is 11.0 Å². The SMILES string of the molecule is c1ccc(-c2nc(-c3ccc(-c4ccc5c(c4)C4(c6ccccc6O5)c5ccccc5-c5ccccc54)cc3)nc(-c3ccc(-c4ccccc4-c4nc(-c5ccccc5)nc(-c5ccc6c(c5)C5(c7ccccc7Oc7ccccc75)c5cc(-n7c(-c8ccccc8)nc8ccccc87)ccc5-6)n4)cc3)n2)cc1. The number of rotatable bonds is 10. The largest absolute Gasteiger partial charge is 0.457 e. The maximum absolute atomic E-state index is 6.89. The van der Waals surface area contributed by atoms with Crippen molar-refractivity contribution in [2.75, 3.05) is 0 Å². The predicted molar refractivity (Wildman–Crippen MR) is 432 cm³/mol. The van der Waals surface area contributed by atoms with Crippen molar-refractivity contribution < 1.29 is 9.47 Å². The van der Waals surface area contributed by atoms with Crippen molar-refractivity contribution in [2.45, 2.75) is 10.8 Å². The van der Waals surface area contributed by atoms with Crippen LogP contribution >= 0.6 is 0 Å². The second-order valence-electron chi connectivity index (χ2n) is 28.2. The summed E-state index contributed by atoms with van der Waals surface area (Å²) in [4.78, 5) is 37.2. The van der Waals surface area contributed by atoms with E-state index in [1.165, 1.54) is 22.3 Å². The number of fused-ring (bicyclic) bond motifs is 19. The van der Waals surface area contributed by atoms with Gasteiger partial charge >= 0.3 is 0 Å². The molecule has 0 fully saturated rings. The predicted octanol–water partition coefficient (Wildman–Crippen LogP) is 23.3. The molecule has 0 unspecified atom stereocenters. The Morgan fingerprint density at radius 1 is 0.202 bits per heavy atom. The van der Waals surface area contributed by atoms with Crippen LogP contribution in [0.25, 0.3) is 141 Å². The summed E-state index contributed by atoms with van der Waals surface area (Å²) < 4.78 is 16.0. The highest BCUT2D eigenvalue weighted by Crippen LogP contribution is 2.65. The fourth-order valence-corrected chi connectivity index (χ4v) is 17.5. The van der Waals surface area contributed by atoms with Gasteiger partial charge in [0.15, 0.2) is 34.9 Å². The van der Waals surface area contributed by atoms with Gasteiger partial charge in [-0.1, -0.05) is 303 Å². The van der Waals surface area contributed by atoms with E-state index in [4.69, 9.17) is 44.4 Å². The number of imidazole rings is 1. The van der Waals surface area contributed by atoms with Gasteiger partial charge in [0, 0.05) is 66.9 Å². The van der Waals surface area contributed by atoms with Gasteiger partial charge < -0.3 is 9.47 Å². The summed E-state index contributed by atoms with van der Waals surface area (Å²) >= 11 is 0. The quantitative estimate of drug-likeness (QED) is 0.132. The Balaban J connectivity index is 0.632. The monoisotopic (exact) mass is 1390 g/mol. The Hall–Kier alpha value is -14.6. The molecule has 0 radical (unpaired) electrons. The van der Waals surface area contributed by atoms with Gasteiger partial charge in [-0.05, 0) is 127 Å². The van der Waals surface area contributed by atoms with E-state index < -0.39 is 10.8 Å². The third-order valence-electron chi connectivity index (χ3n) is 22.3. The van der Waals surface area contributed by atoms with Crippen LogP contribution in [0, 0.1) is 0 Å². The van der Waals surface area contributed by atoms with Crippen molar-refractivity contribution in [1.29, 1.82) is 0 Å². The smallest absolute Gasteiger partial charge is 0.164 e. The van der Waals surface area contributed by atoms with E-state index in [2.05, 4.69) is 308 Å². The van der Waals surface area contributed by atoms with Crippen LogP contribution in [0.1, 0.15) is 44.5 Å². The molecule has 508 valence electrons. The van der Waals surface area contributed by atoms with Crippen molar-refractivity contribution in [1.82, 2.24) is 39.5 Å². The lowest BCUT2D eigenvalue weighted by molar-refractivity contribution is 0.436. The van der Waals surface area contributed by atoms with Gasteiger partial charge in [0.1, 0.15) is 28.8 Å². The number of hydrogen-bond acceptors (Lipinski definition) is 9. The number of hydrogen-bond donors (Lipinski definition) is 0. The molecule has 10 nitrogen and oxygen atoms in total. The minimum absolute atomic E-state index is 0.538. The molecule has 2 spiro atoms. The maximum atomic E-state index is 6.89. The van der Waals surface area contributed by atoms with Crippen LogP contribution in [-0.2, 0) is 10.8 Å². The van der Waals surface area contributed by atoms with Crippen molar-refractivity contribution in [3.8, 4) is 153 Å². The lowest BCUT2D eigenvalue weighted by atomic mass is 9.66. The van der Waals surface area contributed by atoms with E-state index in [1.807, 2.05) is 60.7 Å². The number of para-hydroxylation sites is 5. The standard InChI is InChI=1S/C99H60N8O2/c1-4-24-63(25-5-1)91-101-93(65-48-44-61(45-49-65)68-53-57-90-84(58-68)98(79-36-16-21-41-87(79)109-90)77-34-14-12-31-72(77)73-32-13-15-35-78(73)98)103-94(102-91)66-50-46-62(47-51-66)71-30-10-11-33-76(71)96-105-92(64-26-6-2-7-27-64)104-95(106-96)69-52-55-74-75-56-54-70(107-86-40-20-19-39-85(86)100-97(107)67-28-8-3-9-29-67)60-83(75)99(82(74)59-69)80-37-17-22-42-88(80)108-89-43-23-18-38-81(89)99/h1-60H. The second kappa shape index (κ2) is 24.5. The van der Waals surface area contributed by atoms with E-state index in [1.54, 1.807) is 0 Å². The summed E-state index contributed by atoms with van der Waals surface area (Å²) in [5.74, 6) is 7.51. The highest BCUT2D eigenvalue weighted by Gasteiger charge is 2.53. The number of nitrogens with zero attached hydrogens (tertiary/aromatic N) is 8. The molecule has 18 aromatic rings. The minimum atomic E-state index is -0.836. The third kappa shape index (κ3) is 9.58. The molecule has 10 heteroatoms. The molecule has 2 aliphatic heterocycles. The molecule has 0 N–H and O–H groups in total. The first-order chi connectivity index (χ1) is 54.0. The Kier molecular flexibility index (Phi) is 13.9. The average molecular weight is 1390 g/mol. The Morgan fingerprint density at radius 2 is 0.560 bits per heavy atom. The van der Waals surface area contributed by atoms with Crippen LogP contribution in [0.15, 0.2) is 364 Å². The first-order valence-electron chi connectivity index (χ1n) is 36.7. The van der Waals surface area contributed by atoms with Crippen LogP contribution < -0.4 is 9.47 Å². The van der Waals surface area contributed by atoms with E-state index in [-0.39, 0.29) is 0 Å². The molecule has 0 saturated heterocycles. The zero-order chi connectivity index (χ0) is 71.7. The normalized spacial score (nSPS) is 13.2. The number of benzene rings is 15. The molecule has 22 rings (SSSR count). The second-order valence-corrected chi connectivity index (χ2v) is 28.2. The topological polar surface area (TPSA) is 114 Å².